The molecule has 2 atom stereocenters. The molecule has 1 aliphatic heterocycles. The van der Waals surface area contributed by atoms with Gasteiger partial charge < -0.3 is 15.2 Å². The summed E-state index contributed by atoms with van der Waals surface area (Å²) in [5, 5.41) is 9.55. The average Bonchev–Trinajstić information content (AvgIpc) is 2.58. The zero-order chi connectivity index (χ0) is 17.4. The summed E-state index contributed by atoms with van der Waals surface area (Å²) in [4.78, 5) is 10.6. The number of rotatable bonds is 5. The first-order valence-corrected chi connectivity index (χ1v) is 7.82. The molecule has 1 heterocycles. The van der Waals surface area contributed by atoms with Gasteiger partial charge in [-0.1, -0.05) is 11.8 Å². The molecule has 0 aliphatic carbocycles. The molecule has 130 valence electrons. The third-order valence-corrected chi connectivity index (χ3v) is 3.56. The van der Waals surface area contributed by atoms with Crippen molar-refractivity contribution in [1.29, 1.82) is 0 Å². The number of nitrogens with two attached hydrogens (primary N) is 1. The molecule has 2 amide bonds. The van der Waals surface area contributed by atoms with Crippen LogP contribution in [0.5, 0.6) is 5.75 Å². The molecule has 1 aliphatic rings. The third-order valence-electron chi connectivity index (χ3n) is 3.56. The molecule has 3 N–H and O–H groups in total. The molecule has 0 spiro atoms. The van der Waals surface area contributed by atoms with Crippen LogP contribution in [0.1, 0.15) is 25.7 Å². The zero-order valence-corrected chi connectivity index (χ0v) is 13.3. The Kier molecular flexibility index (Phi) is 6.85. The number of ether oxygens (including phenoxy) is 2. The van der Waals surface area contributed by atoms with Gasteiger partial charge in [-0.15, -0.1) is 0 Å². The van der Waals surface area contributed by atoms with E-state index in [9.17, 15) is 9.18 Å². The molecule has 0 aromatic heterocycles. The van der Waals surface area contributed by atoms with E-state index in [0.29, 0.717) is 23.8 Å². The molecule has 6 nitrogen and oxygen atoms in total. The van der Waals surface area contributed by atoms with Crippen LogP contribution in [0.25, 0.3) is 0 Å². The maximum atomic E-state index is 12.8. The third kappa shape index (κ3) is 6.07. The number of halogens is 1. The Labute approximate surface area is 140 Å². The Balaban J connectivity index is 1.73. The molecule has 0 saturated carbocycles. The SMILES string of the molecule is NC(=O)N(O)CCC#C[C@@H]1CCC[C@@H](COc2ccc(F)cc2)O1. The monoisotopic (exact) mass is 336 g/mol. The fraction of sp³-hybridized carbons (Fsp3) is 0.471. The lowest BCUT2D eigenvalue weighted by Crippen LogP contribution is -2.33. The van der Waals surface area contributed by atoms with Gasteiger partial charge in [0.05, 0.1) is 12.6 Å². The van der Waals surface area contributed by atoms with Crippen LogP contribution in [0, 0.1) is 17.7 Å². The smallest absolute Gasteiger partial charge is 0.338 e. The van der Waals surface area contributed by atoms with E-state index in [0.717, 1.165) is 19.3 Å². The lowest BCUT2D eigenvalue weighted by atomic mass is 10.0. The van der Waals surface area contributed by atoms with Gasteiger partial charge in [-0.2, -0.15) is 0 Å². The number of primary amides is 1. The molecule has 7 heteroatoms. The highest BCUT2D eigenvalue weighted by Gasteiger charge is 2.21. The molecule has 1 fully saturated rings. The molecule has 0 bridgehead atoms. The van der Waals surface area contributed by atoms with Crippen molar-refractivity contribution in [3.63, 3.8) is 0 Å². The van der Waals surface area contributed by atoms with E-state index in [-0.39, 0.29) is 24.6 Å². The van der Waals surface area contributed by atoms with Crippen LogP contribution < -0.4 is 10.5 Å². The van der Waals surface area contributed by atoms with Gasteiger partial charge in [0.25, 0.3) is 0 Å². The highest BCUT2D eigenvalue weighted by Crippen LogP contribution is 2.20. The molecule has 1 aromatic carbocycles. The van der Waals surface area contributed by atoms with Crippen molar-refractivity contribution in [3.05, 3.63) is 30.1 Å². The predicted molar refractivity (Wildman–Crippen MR) is 84.9 cm³/mol. The summed E-state index contributed by atoms with van der Waals surface area (Å²) >= 11 is 0. The van der Waals surface area contributed by atoms with E-state index < -0.39 is 6.03 Å². The minimum atomic E-state index is -0.899. The van der Waals surface area contributed by atoms with Crippen molar-refractivity contribution in [3.8, 4) is 17.6 Å². The molecular weight excluding hydrogens is 315 g/mol. The van der Waals surface area contributed by atoms with Crippen LogP contribution in [0.4, 0.5) is 9.18 Å². The number of carbonyl (C=O) groups excluding carboxylic acids is 1. The van der Waals surface area contributed by atoms with Crippen LogP contribution in [-0.4, -0.2) is 41.7 Å². The van der Waals surface area contributed by atoms with Crippen LogP contribution in [0.15, 0.2) is 24.3 Å². The van der Waals surface area contributed by atoms with Crippen molar-refractivity contribution in [1.82, 2.24) is 5.06 Å². The average molecular weight is 336 g/mol. The number of benzene rings is 1. The minimum Gasteiger partial charge on any atom is -0.491 e. The fourth-order valence-corrected chi connectivity index (χ4v) is 2.31. The van der Waals surface area contributed by atoms with E-state index in [1.54, 1.807) is 12.1 Å². The van der Waals surface area contributed by atoms with Crippen LogP contribution >= 0.6 is 0 Å². The van der Waals surface area contributed by atoms with E-state index in [2.05, 4.69) is 11.8 Å². The summed E-state index contributed by atoms with van der Waals surface area (Å²) in [6.07, 6.45) is 2.74. The Morgan fingerprint density at radius 2 is 2.17 bits per heavy atom. The van der Waals surface area contributed by atoms with Gasteiger partial charge in [-0.05, 0) is 43.5 Å². The van der Waals surface area contributed by atoms with E-state index >= 15 is 0 Å². The number of carbonyl (C=O) groups is 1. The van der Waals surface area contributed by atoms with E-state index in [4.69, 9.17) is 20.4 Å². The quantitative estimate of drug-likeness (QED) is 0.491. The lowest BCUT2D eigenvalue weighted by Gasteiger charge is -2.27. The summed E-state index contributed by atoms with van der Waals surface area (Å²) in [5.74, 6) is 6.16. The minimum absolute atomic E-state index is 0.0617. The van der Waals surface area contributed by atoms with Crippen molar-refractivity contribution < 1.29 is 23.9 Å². The predicted octanol–water partition coefficient (Wildman–Crippen LogP) is 2.31. The topological polar surface area (TPSA) is 85.0 Å². The maximum absolute atomic E-state index is 12.8. The number of hydroxylamine groups is 2. The summed E-state index contributed by atoms with van der Waals surface area (Å²) in [5.41, 5.74) is 4.90. The van der Waals surface area contributed by atoms with Gasteiger partial charge in [-0.25, -0.2) is 14.2 Å². The van der Waals surface area contributed by atoms with Crippen LogP contribution in [-0.2, 0) is 4.74 Å². The summed E-state index contributed by atoms with van der Waals surface area (Å²) in [6, 6.07) is 4.96. The summed E-state index contributed by atoms with van der Waals surface area (Å²) in [7, 11) is 0. The first-order chi connectivity index (χ1) is 11.5. The Morgan fingerprint density at radius 3 is 2.88 bits per heavy atom. The number of nitrogens with zero attached hydrogens (tertiary/aromatic N) is 1. The number of amides is 2. The van der Waals surface area contributed by atoms with Gasteiger partial charge in [-0.3, -0.25) is 5.21 Å². The maximum Gasteiger partial charge on any atom is 0.338 e. The van der Waals surface area contributed by atoms with Crippen LogP contribution in [0.3, 0.4) is 0 Å². The van der Waals surface area contributed by atoms with Gasteiger partial charge >= 0.3 is 6.03 Å². The van der Waals surface area contributed by atoms with Gasteiger partial charge in [0.2, 0.25) is 0 Å². The van der Waals surface area contributed by atoms with Crippen LogP contribution in [0.2, 0.25) is 0 Å². The molecule has 2 rings (SSSR count). The fourth-order valence-electron chi connectivity index (χ4n) is 2.31. The van der Waals surface area contributed by atoms with Gasteiger partial charge in [0.1, 0.15) is 24.3 Å². The van der Waals surface area contributed by atoms with Crippen molar-refractivity contribution >= 4 is 6.03 Å². The number of hydrogen-bond donors (Lipinski definition) is 2. The summed E-state index contributed by atoms with van der Waals surface area (Å²) < 4.78 is 24.3. The molecule has 0 unspecified atom stereocenters. The van der Waals surface area contributed by atoms with E-state index in [1.165, 1.54) is 12.1 Å². The second-order valence-corrected chi connectivity index (χ2v) is 5.48. The molecule has 1 saturated heterocycles. The normalized spacial score (nSPS) is 19.9. The highest BCUT2D eigenvalue weighted by atomic mass is 19.1. The molecule has 24 heavy (non-hydrogen) atoms. The standard InChI is InChI=1S/C17H21FN2O4/c18-13-7-9-14(10-8-13)23-12-16-6-3-5-15(24-16)4-1-2-11-20(22)17(19)21/h7-10,15-16,22H,2-3,5-6,11-12H2,(H2,19,21)/t15-,16+/m1/s1. The first-order valence-electron chi connectivity index (χ1n) is 7.82. The number of urea groups is 1. The van der Waals surface area contributed by atoms with Crippen molar-refractivity contribution in [2.24, 2.45) is 5.73 Å². The van der Waals surface area contributed by atoms with Gasteiger partial charge in [0.15, 0.2) is 0 Å². The molecule has 1 aromatic rings. The Morgan fingerprint density at radius 1 is 1.42 bits per heavy atom. The molecular formula is C17H21FN2O4. The largest absolute Gasteiger partial charge is 0.491 e. The van der Waals surface area contributed by atoms with E-state index in [1.807, 2.05) is 0 Å². The second kappa shape index (κ2) is 9.11. The number of hydrogen-bond acceptors (Lipinski definition) is 4. The first kappa shape index (κ1) is 18.0. The lowest BCUT2D eigenvalue weighted by molar-refractivity contribution is -0.0423. The summed E-state index contributed by atoms with van der Waals surface area (Å²) in [6.45, 7) is 0.446. The second-order valence-electron chi connectivity index (χ2n) is 5.48. The molecule has 0 radical (unpaired) electrons. The Hall–Kier alpha value is -2.30. The van der Waals surface area contributed by atoms with Crippen molar-refractivity contribution in [2.75, 3.05) is 13.2 Å². The van der Waals surface area contributed by atoms with Gasteiger partial charge in [0, 0.05) is 6.42 Å². The van der Waals surface area contributed by atoms with Crippen molar-refractivity contribution in [2.45, 2.75) is 37.9 Å². The highest BCUT2D eigenvalue weighted by molar-refractivity contribution is 5.70. The Bertz CT molecular complexity index is 597. The zero-order valence-electron chi connectivity index (χ0n) is 13.3.